The Labute approximate surface area is 111 Å². The molecule has 18 heavy (non-hydrogen) atoms. The monoisotopic (exact) mass is 259 g/mol. The third-order valence-electron chi connectivity index (χ3n) is 3.25. The highest BCUT2D eigenvalue weighted by Crippen LogP contribution is 2.35. The molecule has 1 atom stereocenters. The lowest BCUT2D eigenvalue weighted by atomic mass is 10.0. The number of likely N-dealkylation sites (N-methyl/N-ethyl adjacent to an activating group) is 1. The molecular weight excluding hydrogens is 242 g/mol. The van der Waals surface area contributed by atoms with Crippen LogP contribution in [0, 0.1) is 0 Å². The number of fused-ring (bicyclic) bond motifs is 1. The molecule has 0 radical (unpaired) electrons. The average molecular weight is 259 g/mol. The van der Waals surface area contributed by atoms with Gasteiger partial charge in [-0.3, -0.25) is 0 Å². The van der Waals surface area contributed by atoms with Crippen molar-refractivity contribution in [3.63, 3.8) is 0 Å². The summed E-state index contributed by atoms with van der Waals surface area (Å²) in [5.41, 5.74) is 1.34. The Bertz CT molecular complexity index is 573. The van der Waals surface area contributed by atoms with Crippen molar-refractivity contribution in [3.05, 3.63) is 47.0 Å². The smallest absolute Gasteiger partial charge is 0.114 e. The molecule has 1 aromatic carbocycles. The molecule has 0 aliphatic carbocycles. The maximum absolute atomic E-state index is 5.74. The molecule has 94 valence electrons. The molecular formula is C15H17NOS. The summed E-state index contributed by atoms with van der Waals surface area (Å²) in [6.07, 6.45) is 3.24. The molecule has 0 saturated heterocycles. The Balaban J connectivity index is 2.03. The minimum Gasteiger partial charge on any atom is -0.496 e. The fraction of sp³-hybridized carbons (Fsp3) is 0.333. The largest absolute Gasteiger partial charge is 0.496 e. The molecule has 0 fully saturated rings. The summed E-state index contributed by atoms with van der Waals surface area (Å²) >= 11 is 1.80. The van der Waals surface area contributed by atoms with Gasteiger partial charge in [0.2, 0.25) is 0 Å². The zero-order valence-corrected chi connectivity index (χ0v) is 11.3. The van der Waals surface area contributed by atoms with E-state index in [9.17, 15) is 0 Å². The summed E-state index contributed by atoms with van der Waals surface area (Å²) in [6, 6.07) is 8.77. The van der Waals surface area contributed by atoms with E-state index in [0.29, 0.717) is 0 Å². The van der Waals surface area contributed by atoms with Gasteiger partial charge in [0.05, 0.1) is 12.6 Å². The van der Waals surface area contributed by atoms with Crippen molar-refractivity contribution in [1.29, 1.82) is 0 Å². The summed E-state index contributed by atoms with van der Waals surface area (Å²) in [7, 11) is 0. The number of nitrogens with one attached hydrogen (secondary N) is 1. The lowest BCUT2D eigenvalue weighted by Crippen LogP contribution is -2.22. The second-order valence-corrected chi connectivity index (χ2v) is 5.33. The third-order valence-corrected chi connectivity index (χ3v) is 4.23. The Morgan fingerprint density at radius 2 is 2.28 bits per heavy atom. The van der Waals surface area contributed by atoms with Crippen LogP contribution in [-0.4, -0.2) is 13.2 Å². The first-order valence-corrected chi connectivity index (χ1v) is 7.30. The van der Waals surface area contributed by atoms with E-state index >= 15 is 0 Å². The molecule has 1 aromatic heterocycles. The Morgan fingerprint density at radius 1 is 1.39 bits per heavy atom. The van der Waals surface area contributed by atoms with Gasteiger partial charge in [-0.15, -0.1) is 11.3 Å². The molecule has 1 N–H and O–H groups in total. The second-order valence-electron chi connectivity index (χ2n) is 4.42. The van der Waals surface area contributed by atoms with Crippen molar-refractivity contribution in [1.82, 2.24) is 5.32 Å². The standard InChI is InChI=1S/C15H17NOS/c1-2-16-15(13-7-5-9-17-13)12-10-18-14-8-4-3-6-11(12)14/h3-4,6-8,10,15-16H,2,5,9H2,1H3. The van der Waals surface area contributed by atoms with Gasteiger partial charge in [0.1, 0.15) is 5.76 Å². The summed E-state index contributed by atoms with van der Waals surface area (Å²) in [4.78, 5) is 0. The van der Waals surface area contributed by atoms with Crippen LogP contribution in [0.2, 0.25) is 0 Å². The van der Waals surface area contributed by atoms with Crippen LogP contribution in [-0.2, 0) is 4.74 Å². The Morgan fingerprint density at radius 3 is 3.06 bits per heavy atom. The molecule has 2 nitrogen and oxygen atoms in total. The van der Waals surface area contributed by atoms with Crippen molar-refractivity contribution < 1.29 is 4.74 Å². The van der Waals surface area contributed by atoms with E-state index in [2.05, 4.69) is 48.0 Å². The van der Waals surface area contributed by atoms with Gasteiger partial charge in [-0.1, -0.05) is 25.1 Å². The summed E-state index contributed by atoms with van der Waals surface area (Å²) in [5.74, 6) is 1.08. The quantitative estimate of drug-likeness (QED) is 0.900. The number of hydrogen-bond donors (Lipinski definition) is 1. The van der Waals surface area contributed by atoms with Gasteiger partial charge in [0.15, 0.2) is 0 Å². The lowest BCUT2D eigenvalue weighted by molar-refractivity contribution is 0.216. The number of benzene rings is 1. The summed E-state index contributed by atoms with van der Waals surface area (Å²) < 4.78 is 7.09. The maximum atomic E-state index is 5.74. The molecule has 1 aliphatic rings. The second kappa shape index (κ2) is 5.12. The van der Waals surface area contributed by atoms with Crippen LogP contribution in [0.3, 0.4) is 0 Å². The molecule has 0 spiro atoms. The van der Waals surface area contributed by atoms with Gasteiger partial charge < -0.3 is 10.1 Å². The van der Waals surface area contributed by atoms with Crippen molar-refractivity contribution >= 4 is 21.4 Å². The SMILES string of the molecule is CCNC(C1=CCCO1)c1csc2ccccc12. The number of ether oxygens (including phenoxy) is 1. The van der Waals surface area contributed by atoms with E-state index in [4.69, 9.17) is 4.74 Å². The zero-order chi connectivity index (χ0) is 12.4. The van der Waals surface area contributed by atoms with Crippen LogP contribution < -0.4 is 5.32 Å². The Kier molecular flexibility index (Phi) is 3.35. The molecule has 1 aliphatic heterocycles. The fourth-order valence-electron chi connectivity index (χ4n) is 2.43. The van der Waals surface area contributed by atoms with Gasteiger partial charge in [-0.2, -0.15) is 0 Å². The molecule has 1 unspecified atom stereocenters. The van der Waals surface area contributed by atoms with E-state index in [1.54, 1.807) is 11.3 Å². The first-order chi connectivity index (χ1) is 8.90. The molecule has 3 rings (SSSR count). The third kappa shape index (κ3) is 2.04. The van der Waals surface area contributed by atoms with Gasteiger partial charge in [0.25, 0.3) is 0 Å². The molecule has 2 aromatic rings. The zero-order valence-electron chi connectivity index (χ0n) is 10.5. The lowest BCUT2D eigenvalue weighted by Gasteiger charge is -2.18. The highest BCUT2D eigenvalue weighted by atomic mass is 32.1. The predicted octanol–water partition coefficient (Wildman–Crippen LogP) is 3.86. The van der Waals surface area contributed by atoms with Crippen molar-refractivity contribution in [2.45, 2.75) is 19.4 Å². The van der Waals surface area contributed by atoms with E-state index in [-0.39, 0.29) is 6.04 Å². The van der Waals surface area contributed by atoms with Crippen LogP contribution in [0.4, 0.5) is 0 Å². The van der Waals surface area contributed by atoms with Crippen LogP contribution in [0.25, 0.3) is 10.1 Å². The number of thiophene rings is 1. The predicted molar refractivity (Wildman–Crippen MR) is 76.9 cm³/mol. The maximum Gasteiger partial charge on any atom is 0.114 e. The van der Waals surface area contributed by atoms with Crippen LogP contribution in [0.5, 0.6) is 0 Å². The fourth-order valence-corrected chi connectivity index (χ4v) is 3.41. The number of rotatable bonds is 4. The molecule has 2 heterocycles. The number of hydrogen-bond acceptors (Lipinski definition) is 3. The van der Waals surface area contributed by atoms with E-state index in [0.717, 1.165) is 25.3 Å². The molecule has 0 saturated carbocycles. The minimum absolute atomic E-state index is 0.202. The van der Waals surface area contributed by atoms with E-state index in [1.807, 2.05) is 0 Å². The van der Waals surface area contributed by atoms with Gasteiger partial charge in [0, 0.05) is 11.1 Å². The highest BCUT2D eigenvalue weighted by Gasteiger charge is 2.22. The van der Waals surface area contributed by atoms with Gasteiger partial charge >= 0.3 is 0 Å². The van der Waals surface area contributed by atoms with Gasteiger partial charge in [-0.05, 0) is 35.0 Å². The van der Waals surface area contributed by atoms with Gasteiger partial charge in [-0.25, -0.2) is 0 Å². The molecule has 0 amide bonds. The van der Waals surface area contributed by atoms with Crippen LogP contribution >= 0.6 is 11.3 Å². The summed E-state index contributed by atoms with van der Waals surface area (Å²) in [5, 5.41) is 7.12. The first-order valence-electron chi connectivity index (χ1n) is 6.42. The van der Waals surface area contributed by atoms with Crippen molar-refractivity contribution in [2.75, 3.05) is 13.2 Å². The van der Waals surface area contributed by atoms with E-state index < -0.39 is 0 Å². The molecule has 3 heteroatoms. The summed E-state index contributed by atoms with van der Waals surface area (Å²) in [6.45, 7) is 3.89. The average Bonchev–Trinajstić information content (AvgIpc) is 3.06. The Hall–Kier alpha value is -1.32. The normalized spacial score (nSPS) is 16.6. The minimum atomic E-state index is 0.202. The van der Waals surface area contributed by atoms with Crippen molar-refractivity contribution in [3.8, 4) is 0 Å². The topological polar surface area (TPSA) is 21.3 Å². The molecule has 0 bridgehead atoms. The van der Waals surface area contributed by atoms with Crippen LogP contribution in [0.1, 0.15) is 24.9 Å². The highest BCUT2D eigenvalue weighted by molar-refractivity contribution is 7.17. The van der Waals surface area contributed by atoms with Crippen molar-refractivity contribution in [2.24, 2.45) is 0 Å². The first kappa shape index (κ1) is 11.8. The van der Waals surface area contributed by atoms with Crippen LogP contribution in [0.15, 0.2) is 41.5 Å². The van der Waals surface area contributed by atoms with E-state index in [1.165, 1.54) is 15.6 Å².